The quantitative estimate of drug-likeness (QED) is 0.904. The molecule has 5 heteroatoms. The molecule has 0 spiro atoms. The van der Waals surface area contributed by atoms with E-state index >= 15 is 0 Å². The number of carbonyl (C=O) groups is 2. The van der Waals surface area contributed by atoms with Gasteiger partial charge in [0.2, 0.25) is 5.91 Å². The fraction of sp³-hybridized carbons (Fsp3) is 0.571. The van der Waals surface area contributed by atoms with Gasteiger partial charge in [-0.05, 0) is 26.3 Å². The molecule has 1 aromatic rings. The number of carbonyl (C=O) groups excluding carboxylic acids is 2. The number of furan rings is 1. The van der Waals surface area contributed by atoms with Crippen molar-refractivity contribution in [2.24, 2.45) is 0 Å². The molecule has 1 N–H and O–H groups in total. The van der Waals surface area contributed by atoms with Gasteiger partial charge >= 0.3 is 0 Å². The van der Waals surface area contributed by atoms with Gasteiger partial charge < -0.3 is 14.6 Å². The Morgan fingerprint density at radius 2 is 2.32 bits per heavy atom. The fourth-order valence-corrected chi connectivity index (χ4v) is 2.62. The van der Waals surface area contributed by atoms with Gasteiger partial charge in [-0.15, -0.1) is 0 Å². The van der Waals surface area contributed by atoms with Crippen molar-refractivity contribution >= 4 is 11.8 Å². The third-order valence-electron chi connectivity index (χ3n) is 3.74. The fourth-order valence-electron chi connectivity index (χ4n) is 2.62. The minimum atomic E-state index is -0.788. The minimum Gasteiger partial charge on any atom is -0.459 e. The van der Waals surface area contributed by atoms with Crippen LogP contribution in [0, 0.1) is 6.92 Å². The summed E-state index contributed by atoms with van der Waals surface area (Å²) in [7, 11) is 0. The van der Waals surface area contributed by atoms with Crippen molar-refractivity contribution in [1.29, 1.82) is 0 Å². The SMILES string of the molecule is CCC[C@@]1(C)C(=O)NCCN1C(=O)c1occc1C. The first kappa shape index (κ1) is 13.6. The van der Waals surface area contributed by atoms with Gasteiger partial charge in [0.05, 0.1) is 6.26 Å². The van der Waals surface area contributed by atoms with Crippen molar-refractivity contribution in [3.8, 4) is 0 Å². The molecule has 0 bridgehead atoms. The van der Waals surface area contributed by atoms with Crippen LogP contribution in [-0.2, 0) is 4.79 Å². The van der Waals surface area contributed by atoms with Gasteiger partial charge in [-0.25, -0.2) is 0 Å². The summed E-state index contributed by atoms with van der Waals surface area (Å²) in [6.07, 6.45) is 2.99. The van der Waals surface area contributed by atoms with Crippen LogP contribution in [0.1, 0.15) is 42.8 Å². The number of hydrogen-bond acceptors (Lipinski definition) is 3. The molecule has 1 fully saturated rings. The van der Waals surface area contributed by atoms with E-state index in [4.69, 9.17) is 4.42 Å². The second-order valence-corrected chi connectivity index (χ2v) is 5.17. The summed E-state index contributed by atoms with van der Waals surface area (Å²) in [5.74, 6) is 0.0449. The van der Waals surface area contributed by atoms with Crippen LogP contribution in [0.25, 0.3) is 0 Å². The van der Waals surface area contributed by atoms with Crippen LogP contribution < -0.4 is 5.32 Å². The summed E-state index contributed by atoms with van der Waals surface area (Å²) in [5, 5.41) is 2.84. The van der Waals surface area contributed by atoms with Gasteiger partial charge in [-0.3, -0.25) is 9.59 Å². The highest BCUT2D eigenvalue weighted by Gasteiger charge is 2.44. The highest BCUT2D eigenvalue weighted by Crippen LogP contribution is 2.27. The maximum atomic E-state index is 12.6. The molecule has 2 heterocycles. The summed E-state index contributed by atoms with van der Waals surface area (Å²) in [6, 6.07) is 1.76. The zero-order chi connectivity index (χ0) is 14.0. The van der Waals surface area contributed by atoms with Crippen LogP contribution in [0.4, 0.5) is 0 Å². The molecule has 104 valence electrons. The zero-order valence-corrected chi connectivity index (χ0v) is 11.7. The Morgan fingerprint density at radius 1 is 1.58 bits per heavy atom. The predicted octanol–water partition coefficient (Wildman–Crippen LogP) is 1.72. The van der Waals surface area contributed by atoms with Crippen LogP contribution in [0.3, 0.4) is 0 Å². The lowest BCUT2D eigenvalue weighted by molar-refractivity contribution is -0.134. The molecule has 0 aromatic carbocycles. The van der Waals surface area contributed by atoms with E-state index in [0.29, 0.717) is 25.3 Å². The minimum absolute atomic E-state index is 0.0850. The van der Waals surface area contributed by atoms with Crippen molar-refractivity contribution < 1.29 is 14.0 Å². The van der Waals surface area contributed by atoms with E-state index in [0.717, 1.165) is 12.0 Å². The third-order valence-corrected chi connectivity index (χ3v) is 3.74. The topological polar surface area (TPSA) is 62.6 Å². The van der Waals surface area contributed by atoms with Crippen molar-refractivity contribution in [1.82, 2.24) is 10.2 Å². The first-order valence-electron chi connectivity index (χ1n) is 6.65. The number of hydrogen-bond donors (Lipinski definition) is 1. The number of piperazine rings is 1. The second kappa shape index (κ2) is 5.07. The van der Waals surface area contributed by atoms with Gasteiger partial charge in [-0.1, -0.05) is 13.3 Å². The molecule has 1 atom stereocenters. The largest absolute Gasteiger partial charge is 0.459 e. The Balaban J connectivity index is 2.33. The molecule has 0 aliphatic carbocycles. The number of rotatable bonds is 3. The van der Waals surface area contributed by atoms with Gasteiger partial charge in [0.25, 0.3) is 5.91 Å². The average molecular weight is 264 g/mol. The molecule has 5 nitrogen and oxygen atoms in total. The van der Waals surface area contributed by atoms with Crippen LogP contribution in [0.15, 0.2) is 16.7 Å². The van der Waals surface area contributed by atoms with E-state index in [2.05, 4.69) is 5.32 Å². The van der Waals surface area contributed by atoms with E-state index in [1.807, 2.05) is 20.8 Å². The summed E-state index contributed by atoms with van der Waals surface area (Å²) >= 11 is 0. The number of nitrogens with one attached hydrogen (secondary N) is 1. The normalized spacial score (nSPS) is 23.3. The lowest BCUT2D eigenvalue weighted by Crippen LogP contribution is -2.64. The number of aryl methyl sites for hydroxylation is 1. The monoisotopic (exact) mass is 264 g/mol. The van der Waals surface area contributed by atoms with Gasteiger partial charge in [0, 0.05) is 18.7 Å². The molecule has 0 radical (unpaired) electrons. The van der Waals surface area contributed by atoms with Crippen molar-refractivity contribution in [2.45, 2.75) is 39.2 Å². The van der Waals surface area contributed by atoms with Crippen molar-refractivity contribution in [3.05, 3.63) is 23.7 Å². The maximum absolute atomic E-state index is 12.6. The average Bonchev–Trinajstić information content (AvgIpc) is 2.79. The predicted molar refractivity (Wildman–Crippen MR) is 70.8 cm³/mol. The van der Waals surface area contributed by atoms with Crippen LogP contribution in [0.5, 0.6) is 0 Å². The molecule has 2 amide bonds. The number of nitrogens with zero attached hydrogens (tertiary/aromatic N) is 1. The highest BCUT2D eigenvalue weighted by atomic mass is 16.3. The first-order valence-corrected chi connectivity index (χ1v) is 6.65. The molecule has 19 heavy (non-hydrogen) atoms. The molecular formula is C14H20N2O3. The first-order chi connectivity index (χ1) is 9.00. The Hall–Kier alpha value is -1.78. The number of amides is 2. The zero-order valence-electron chi connectivity index (χ0n) is 11.7. The van der Waals surface area contributed by atoms with Crippen LogP contribution in [0.2, 0.25) is 0 Å². The third kappa shape index (κ3) is 2.25. The summed E-state index contributed by atoms with van der Waals surface area (Å²) in [6.45, 7) is 6.66. The Morgan fingerprint density at radius 3 is 2.89 bits per heavy atom. The standard InChI is InChI=1S/C14H20N2O3/c1-4-6-14(3)13(18)15-7-8-16(14)12(17)11-10(2)5-9-19-11/h5,9H,4,6-8H2,1-3H3,(H,15,18)/t14-/m0/s1. The lowest BCUT2D eigenvalue weighted by Gasteiger charge is -2.43. The molecule has 1 aliphatic heterocycles. The van der Waals surface area contributed by atoms with E-state index in [-0.39, 0.29) is 11.8 Å². The van der Waals surface area contributed by atoms with E-state index in [9.17, 15) is 9.59 Å². The second-order valence-electron chi connectivity index (χ2n) is 5.17. The smallest absolute Gasteiger partial charge is 0.290 e. The Kier molecular flexibility index (Phi) is 3.64. The highest BCUT2D eigenvalue weighted by molar-refractivity contribution is 5.99. The molecule has 0 unspecified atom stereocenters. The Bertz CT molecular complexity index is 495. The molecule has 1 aromatic heterocycles. The van der Waals surface area contributed by atoms with E-state index < -0.39 is 5.54 Å². The van der Waals surface area contributed by atoms with E-state index in [1.165, 1.54) is 6.26 Å². The lowest BCUT2D eigenvalue weighted by atomic mass is 9.90. The van der Waals surface area contributed by atoms with Crippen molar-refractivity contribution in [2.75, 3.05) is 13.1 Å². The van der Waals surface area contributed by atoms with E-state index in [1.54, 1.807) is 11.0 Å². The summed E-state index contributed by atoms with van der Waals surface area (Å²) < 4.78 is 5.26. The molecule has 1 aliphatic rings. The van der Waals surface area contributed by atoms with Crippen LogP contribution >= 0.6 is 0 Å². The molecule has 0 saturated carbocycles. The van der Waals surface area contributed by atoms with Gasteiger partial charge in [0.1, 0.15) is 5.54 Å². The molecule has 2 rings (SSSR count). The molecule has 1 saturated heterocycles. The van der Waals surface area contributed by atoms with Gasteiger partial charge in [0.15, 0.2) is 5.76 Å². The maximum Gasteiger partial charge on any atom is 0.290 e. The molecular weight excluding hydrogens is 244 g/mol. The van der Waals surface area contributed by atoms with Gasteiger partial charge in [-0.2, -0.15) is 0 Å². The van der Waals surface area contributed by atoms with Crippen molar-refractivity contribution in [3.63, 3.8) is 0 Å². The van der Waals surface area contributed by atoms with Crippen LogP contribution in [-0.4, -0.2) is 35.3 Å². The Labute approximate surface area is 113 Å². The summed E-state index contributed by atoms with van der Waals surface area (Å²) in [5.41, 5.74) is 0.0124. The summed E-state index contributed by atoms with van der Waals surface area (Å²) in [4.78, 5) is 26.3.